The first-order valence-corrected chi connectivity index (χ1v) is 9.33. The Hall–Kier alpha value is -2.97. The van der Waals surface area contributed by atoms with E-state index in [4.69, 9.17) is 4.52 Å². The summed E-state index contributed by atoms with van der Waals surface area (Å²) >= 11 is 0. The number of nitrogens with zero attached hydrogens (tertiary/aromatic N) is 4. The van der Waals surface area contributed by atoms with Gasteiger partial charge in [-0.05, 0) is 32.8 Å². The summed E-state index contributed by atoms with van der Waals surface area (Å²) in [5.41, 5.74) is 2.49. The van der Waals surface area contributed by atoms with Crippen molar-refractivity contribution in [1.82, 2.24) is 15.0 Å². The highest BCUT2D eigenvalue weighted by Gasteiger charge is 2.29. The summed E-state index contributed by atoms with van der Waals surface area (Å²) in [4.78, 5) is 33.0. The van der Waals surface area contributed by atoms with Crippen molar-refractivity contribution in [3.05, 3.63) is 34.8 Å². The number of nitrogens with one attached hydrogen (secondary N) is 1. The van der Waals surface area contributed by atoms with Gasteiger partial charge in [-0.15, -0.1) is 0 Å². The number of amides is 2. The molecule has 0 bridgehead atoms. The lowest BCUT2D eigenvalue weighted by atomic mass is 10.1. The molecule has 0 atom stereocenters. The van der Waals surface area contributed by atoms with Gasteiger partial charge in [0.25, 0.3) is 5.91 Å². The van der Waals surface area contributed by atoms with Crippen molar-refractivity contribution >= 4 is 23.3 Å². The Morgan fingerprint density at radius 3 is 2.79 bits per heavy atom. The average Bonchev–Trinajstić information content (AvgIpc) is 3.01. The van der Waals surface area contributed by atoms with Crippen LogP contribution < -0.4 is 10.2 Å². The lowest BCUT2D eigenvalue weighted by molar-refractivity contribution is -0.117. The second-order valence-corrected chi connectivity index (χ2v) is 7.19. The molecule has 2 aromatic heterocycles. The highest BCUT2D eigenvalue weighted by molar-refractivity contribution is 6.04. The van der Waals surface area contributed by atoms with E-state index in [9.17, 15) is 14.0 Å². The number of halogens is 1. The van der Waals surface area contributed by atoms with Gasteiger partial charge in [0.1, 0.15) is 11.9 Å². The Balaban J connectivity index is 1.63. The van der Waals surface area contributed by atoms with Gasteiger partial charge in [-0.3, -0.25) is 9.59 Å². The third-order valence-corrected chi connectivity index (χ3v) is 5.32. The van der Waals surface area contributed by atoms with Crippen LogP contribution >= 0.6 is 0 Å². The summed E-state index contributed by atoms with van der Waals surface area (Å²) in [7, 11) is 0. The van der Waals surface area contributed by atoms with Crippen molar-refractivity contribution in [2.45, 2.75) is 39.4 Å². The molecular formula is C19H22FN5O3. The van der Waals surface area contributed by atoms with E-state index in [0.717, 1.165) is 11.3 Å². The molecule has 28 heavy (non-hydrogen) atoms. The second kappa shape index (κ2) is 7.21. The largest absolute Gasteiger partial charge is 0.361 e. The smallest absolute Gasteiger partial charge is 0.255 e. The fourth-order valence-corrected chi connectivity index (χ4v) is 3.59. The molecule has 2 amide bonds. The van der Waals surface area contributed by atoms with Crippen LogP contribution in [-0.4, -0.2) is 52.7 Å². The van der Waals surface area contributed by atoms with E-state index < -0.39 is 6.17 Å². The maximum absolute atomic E-state index is 13.4. The number of alkyl halides is 1. The van der Waals surface area contributed by atoms with Crippen molar-refractivity contribution < 1.29 is 18.5 Å². The fraction of sp³-hybridized carbons (Fsp3) is 0.474. The van der Waals surface area contributed by atoms with Crippen LogP contribution in [0.3, 0.4) is 0 Å². The van der Waals surface area contributed by atoms with Gasteiger partial charge in [0.2, 0.25) is 5.91 Å². The molecule has 2 aliphatic rings. The molecule has 0 saturated carbocycles. The fourth-order valence-electron chi connectivity index (χ4n) is 3.59. The Labute approximate surface area is 161 Å². The lowest BCUT2D eigenvalue weighted by Gasteiger charge is -2.31. The van der Waals surface area contributed by atoms with Gasteiger partial charge in [0.05, 0.1) is 30.0 Å². The molecule has 8 nitrogen and oxygen atoms in total. The first-order valence-electron chi connectivity index (χ1n) is 9.33. The number of hydrogen-bond acceptors (Lipinski definition) is 6. The van der Waals surface area contributed by atoms with Crippen LogP contribution in [0.15, 0.2) is 16.8 Å². The van der Waals surface area contributed by atoms with Crippen LogP contribution in [-0.2, 0) is 11.3 Å². The highest BCUT2D eigenvalue weighted by atomic mass is 19.1. The topological polar surface area (TPSA) is 91.6 Å². The van der Waals surface area contributed by atoms with E-state index in [2.05, 4.69) is 15.5 Å². The molecule has 1 N–H and O–H groups in total. The van der Waals surface area contributed by atoms with Gasteiger partial charge in [0, 0.05) is 24.8 Å². The summed E-state index contributed by atoms with van der Waals surface area (Å²) in [5.74, 6) is 0.875. The van der Waals surface area contributed by atoms with E-state index >= 15 is 0 Å². The molecule has 2 aromatic rings. The van der Waals surface area contributed by atoms with Gasteiger partial charge >= 0.3 is 0 Å². The normalized spacial score (nSPS) is 17.5. The van der Waals surface area contributed by atoms with Gasteiger partial charge in [-0.25, -0.2) is 9.37 Å². The maximum Gasteiger partial charge on any atom is 0.255 e. The Kier molecular flexibility index (Phi) is 4.74. The molecule has 0 aliphatic carbocycles. The van der Waals surface area contributed by atoms with Crippen molar-refractivity contribution in [3.63, 3.8) is 0 Å². The molecule has 4 rings (SSSR count). The lowest BCUT2D eigenvalue weighted by Crippen LogP contribution is -2.41. The minimum Gasteiger partial charge on any atom is -0.361 e. The molecule has 0 radical (unpaired) electrons. The van der Waals surface area contributed by atoms with Gasteiger partial charge in [0.15, 0.2) is 5.82 Å². The quantitative estimate of drug-likeness (QED) is 0.868. The zero-order valence-corrected chi connectivity index (χ0v) is 15.9. The summed E-state index contributed by atoms with van der Waals surface area (Å²) in [5, 5.41) is 6.93. The first kappa shape index (κ1) is 18.4. The monoisotopic (exact) mass is 387 g/mol. The number of anilines is 2. The summed E-state index contributed by atoms with van der Waals surface area (Å²) in [6.07, 6.45) is 1.35. The number of piperidine rings is 1. The molecule has 0 unspecified atom stereocenters. The molecule has 9 heteroatoms. The van der Waals surface area contributed by atoms with Crippen molar-refractivity contribution in [2.75, 3.05) is 29.9 Å². The summed E-state index contributed by atoms with van der Waals surface area (Å²) in [6.45, 7) is 4.82. The van der Waals surface area contributed by atoms with Gasteiger partial charge in [-0.2, -0.15) is 0 Å². The predicted molar refractivity (Wildman–Crippen MR) is 99.9 cm³/mol. The zero-order valence-electron chi connectivity index (χ0n) is 15.9. The third-order valence-electron chi connectivity index (χ3n) is 5.32. The zero-order chi connectivity index (χ0) is 19.8. The first-order chi connectivity index (χ1) is 13.4. The van der Waals surface area contributed by atoms with Gasteiger partial charge < -0.3 is 19.6 Å². The summed E-state index contributed by atoms with van der Waals surface area (Å²) < 4.78 is 18.6. The van der Waals surface area contributed by atoms with Crippen molar-refractivity contribution in [1.29, 1.82) is 0 Å². The minimum absolute atomic E-state index is 0.126. The maximum atomic E-state index is 13.4. The van der Waals surface area contributed by atoms with Crippen LogP contribution in [0.4, 0.5) is 15.9 Å². The molecule has 1 saturated heterocycles. The number of aromatic nitrogens is 2. The highest BCUT2D eigenvalue weighted by Crippen LogP contribution is 2.31. The van der Waals surface area contributed by atoms with E-state index in [1.54, 1.807) is 22.8 Å². The minimum atomic E-state index is -0.849. The number of carbonyl (C=O) groups excluding carboxylic acids is 2. The second-order valence-electron chi connectivity index (χ2n) is 7.19. The molecule has 0 aromatic carbocycles. The number of fused-ring (bicyclic) bond motifs is 1. The molecular weight excluding hydrogens is 365 g/mol. The van der Waals surface area contributed by atoms with E-state index in [0.29, 0.717) is 55.3 Å². The van der Waals surface area contributed by atoms with E-state index in [-0.39, 0.29) is 18.4 Å². The van der Waals surface area contributed by atoms with Crippen LogP contribution in [0, 0.1) is 13.8 Å². The number of rotatable bonds is 3. The van der Waals surface area contributed by atoms with Crippen LogP contribution in [0.5, 0.6) is 0 Å². The number of aryl methyl sites for hydroxylation is 2. The molecule has 0 spiro atoms. The molecule has 148 valence electrons. The molecule has 1 fully saturated rings. The Bertz CT molecular complexity index is 901. The average molecular weight is 387 g/mol. The number of hydrogen-bond donors (Lipinski definition) is 1. The molecule has 4 heterocycles. The molecule has 2 aliphatic heterocycles. The number of carbonyl (C=O) groups is 2. The standard InChI is InChI=1S/C19H22FN5O3/c1-11-15(12(2)28-23-11)10-25-16-7-13(8-21-18(16)22-9-17(25)26)19(27)24-5-3-14(20)4-6-24/h7-8,14H,3-6,9-10H2,1-2H3,(H,21,22). The van der Waals surface area contributed by atoms with Crippen molar-refractivity contribution in [2.24, 2.45) is 0 Å². The van der Waals surface area contributed by atoms with Crippen LogP contribution in [0.25, 0.3) is 0 Å². The van der Waals surface area contributed by atoms with Crippen molar-refractivity contribution in [3.8, 4) is 0 Å². The van der Waals surface area contributed by atoms with Crippen LogP contribution in [0.2, 0.25) is 0 Å². The Morgan fingerprint density at radius 2 is 2.11 bits per heavy atom. The van der Waals surface area contributed by atoms with E-state index in [1.165, 1.54) is 6.20 Å². The van der Waals surface area contributed by atoms with Crippen LogP contribution in [0.1, 0.15) is 40.2 Å². The predicted octanol–water partition coefficient (Wildman–Crippen LogP) is 2.22. The third kappa shape index (κ3) is 3.32. The summed E-state index contributed by atoms with van der Waals surface area (Å²) in [6, 6.07) is 1.68. The Morgan fingerprint density at radius 1 is 1.36 bits per heavy atom. The number of pyridine rings is 1. The number of likely N-dealkylation sites (tertiary alicyclic amines) is 1. The SMILES string of the molecule is Cc1noc(C)c1CN1C(=O)CNc2ncc(C(=O)N3CCC(F)CC3)cc21. The van der Waals surface area contributed by atoms with E-state index in [1.807, 2.05) is 6.92 Å². The van der Waals surface area contributed by atoms with Gasteiger partial charge in [-0.1, -0.05) is 5.16 Å².